The smallest absolute Gasteiger partial charge is 0.0883 e. The predicted octanol–water partition coefficient (Wildman–Crippen LogP) is 2.52. The highest BCUT2D eigenvalue weighted by atomic mass is 79.9. The third-order valence-corrected chi connectivity index (χ3v) is 2.56. The molecule has 0 aliphatic rings. The van der Waals surface area contributed by atoms with Gasteiger partial charge in [0.25, 0.3) is 0 Å². The maximum absolute atomic E-state index is 5.99. The molecule has 74 valence electrons. The van der Waals surface area contributed by atoms with Gasteiger partial charge in [-0.05, 0) is 41.9 Å². The lowest BCUT2D eigenvalue weighted by Gasteiger charge is -2.15. The summed E-state index contributed by atoms with van der Waals surface area (Å²) >= 11 is 3.38. The number of aromatic amines is 1. The van der Waals surface area contributed by atoms with E-state index in [0.29, 0.717) is 0 Å². The minimum absolute atomic E-state index is 0.354. The number of hydrogen-bond donors (Lipinski definition) is 2. The third kappa shape index (κ3) is 1.67. The fourth-order valence-corrected chi connectivity index (χ4v) is 1.66. The van der Waals surface area contributed by atoms with Gasteiger partial charge in [0.15, 0.2) is 0 Å². The number of nitrogens with one attached hydrogen (secondary N) is 1. The van der Waals surface area contributed by atoms with Gasteiger partial charge in [0.1, 0.15) is 0 Å². The van der Waals surface area contributed by atoms with E-state index < -0.39 is 0 Å². The molecule has 0 saturated heterocycles. The van der Waals surface area contributed by atoms with Crippen molar-refractivity contribution in [1.29, 1.82) is 0 Å². The number of rotatable bonds is 1. The van der Waals surface area contributed by atoms with Crippen molar-refractivity contribution in [1.82, 2.24) is 9.97 Å². The van der Waals surface area contributed by atoms with E-state index in [9.17, 15) is 0 Å². The largest absolute Gasteiger partial charge is 0.356 e. The Hall–Kier alpha value is -0.870. The normalized spacial score (nSPS) is 12.3. The van der Waals surface area contributed by atoms with Gasteiger partial charge in [-0.1, -0.05) is 0 Å². The van der Waals surface area contributed by atoms with Crippen LogP contribution in [0.5, 0.6) is 0 Å². The van der Waals surface area contributed by atoms with Crippen molar-refractivity contribution in [3.63, 3.8) is 0 Å². The number of hydrogen-bond acceptors (Lipinski definition) is 2. The Bertz CT molecular complexity index is 468. The number of aromatic nitrogens is 2. The molecular weight excluding hydrogens is 242 g/mol. The zero-order valence-corrected chi connectivity index (χ0v) is 9.72. The molecule has 0 radical (unpaired) electrons. The molecule has 14 heavy (non-hydrogen) atoms. The quantitative estimate of drug-likeness (QED) is 0.821. The van der Waals surface area contributed by atoms with Crippen LogP contribution in [0.1, 0.15) is 19.5 Å². The summed E-state index contributed by atoms with van der Waals surface area (Å²) in [6, 6.07) is 3.99. The van der Waals surface area contributed by atoms with Crippen LogP contribution in [0.2, 0.25) is 0 Å². The summed E-state index contributed by atoms with van der Waals surface area (Å²) in [6.07, 6.45) is 1.78. The van der Waals surface area contributed by atoms with Crippen LogP contribution in [0.25, 0.3) is 11.0 Å². The number of H-pyrrole nitrogens is 1. The van der Waals surface area contributed by atoms with Gasteiger partial charge in [0, 0.05) is 16.4 Å². The van der Waals surface area contributed by atoms with Crippen molar-refractivity contribution in [3.8, 4) is 0 Å². The van der Waals surface area contributed by atoms with Crippen LogP contribution < -0.4 is 5.73 Å². The summed E-state index contributed by atoms with van der Waals surface area (Å²) < 4.78 is 0.966. The second-order valence-corrected chi connectivity index (χ2v) is 4.91. The average Bonchev–Trinajstić information content (AvgIpc) is 2.45. The first-order valence-corrected chi connectivity index (χ1v) is 5.20. The van der Waals surface area contributed by atoms with E-state index in [-0.39, 0.29) is 5.54 Å². The lowest BCUT2D eigenvalue weighted by Crippen LogP contribution is -2.28. The molecule has 0 fully saturated rings. The molecule has 4 heteroatoms. The van der Waals surface area contributed by atoms with Gasteiger partial charge in [0.2, 0.25) is 0 Å². The second-order valence-electron chi connectivity index (χ2n) is 3.99. The molecule has 0 bridgehead atoms. The second kappa shape index (κ2) is 3.07. The molecule has 2 heterocycles. The van der Waals surface area contributed by atoms with Gasteiger partial charge in [-0.15, -0.1) is 0 Å². The summed E-state index contributed by atoms with van der Waals surface area (Å²) in [5.41, 5.74) is 8.59. The van der Waals surface area contributed by atoms with Crippen LogP contribution in [0.3, 0.4) is 0 Å². The van der Waals surface area contributed by atoms with Crippen LogP contribution >= 0.6 is 15.9 Å². The van der Waals surface area contributed by atoms with Gasteiger partial charge in [-0.25, -0.2) is 0 Å². The van der Waals surface area contributed by atoms with Gasteiger partial charge in [-0.2, -0.15) is 0 Å². The van der Waals surface area contributed by atoms with Crippen LogP contribution in [-0.2, 0) is 5.54 Å². The summed E-state index contributed by atoms with van der Waals surface area (Å²) in [7, 11) is 0. The molecule has 2 aromatic rings. The van der Waals surface area contributed by atoms with E-state index in [4.69, 9.17) is 5.73 Å². The molecule has 0 amide bonds. The zero-order valence-electron chi connectivity index (χ0n) is 8.13. The Morgan fingerprint density at radius 1 is 1.43 bits per heavy atom. The predicted molar refractivity (Wildman–Crippen MR) is 61.0 cm³/mol. The van der Waals surface area contributed by atoms with E-state index in [1.165, 1.54) is 0 Å². The molecule has 0 unspecified atom stereocenters. The summed E-state index contributed by atoms with van der Waals surface area (Å²) in [6.45, 7) is 3.93. The highest BCUT2D eigenvalue weighted by molar-refractivity contribution is 9.10. The Labute approximate surface area is 90.8 Å². The Morgan fingerprint density at radius 3 is 2.79 bits per heavy atom. The van der Waals surface area contributed by atoms with Crippen molar-refractivity contribution < 1.29 is 0 Å². The lowest BCUT2D eigenvalue weighted by molar-refractivity contribution is 0.540. The number of pyridine rings is 1. The summed E-state index contributed by atoms with van der Waals surface area (Å²) in [4.78, 5) is 7.54. The highest BCUT2D eigenvalue weighted by Crippen LogP contribution is 2.22. The number of fused-ring (bicyclic) bond motifs is 1. The molecule has 3 N–H and O–H groups in total. The standard InChI is InChI=1S/C10H12BrN3/c1-10(2,12)9-4-7-8(14-9)3-6(11)5-13-7/h3-5,14H,12H2,1-2H3. The van der Waals surface area contributed by atoms with Gasteiger partial charge >= 0.3 is 0 Å². The van der Waals surface area contributed by atoms with Crippen molar-refractivity contribution >= 4 is 27.0 Å². The summed E-state index contributed by atoms with van der Waals surface area (Å²) in [5.74, 6) is 0. The topological polar surface area (TPSA) is 54.7 Å². The fourth-order valence-electron chi connectivity index (χ4n) is 1.33. The van der Waals surface area contributed by atoms with Crippen molar-refractivity contribution in [3.05, 3.63) is 28.5 Å². The molecule has 0 aliphatic heterocycles. The SMILES string of the molecule is CC(C)(N)c1cc2ncc(Br)cc2[nH]1. The number of halogens is 1. The Morgan fingerprint density at radius 2 is 2.14 bits per heavy atom. The van der Waals surface area contributed by atoms with E-state index in [0.717, 1.165) is 21.2 Å². The molecule has 2 rings (SSSR count). The van der Waals surface area contributed by atoms with Gasteiger partial charge < -0.3 is 10.7 Å². The molecule has 0 atom stereocenters. The monoisotopic (exact) mass is 253 g/mol. The maximum atomic E-state index is 5.99. The first-order chi connectivity index (χ1) is 6.47. The van der Waals surface area contributed by atoms with Gasteiger partial charge in [-0.3, -0.25) is 4.98 Å². The first kappa shape index (κ1) is 9.68. The van der Waals surface area contributed by atoms with Crippen LogP contribution in [0, 0.1) is 0 Å². The minimum atomic E-state index is -0.354. The zero-order chi connectivity index (χ0) is 10.3. The first-order valence-electron chi connectivity index (χ1n) is 4.40. The van der Waals surface area contributed by atoms with Gasteiger partial charge in [0.05, 0.1) is 16.6 Å². The fraction of sp³-hybridized carbons (Fsp3) is 0.300. The van der Waals surface area contributed by atoms with Crippen LogP contribution in [0.15, 0.2) is 22.8 Å². The molecule has 0 saturated carbocycles. The molecule has 0 aromatic carbocycles. The minimum Gasteiger partial charge on any atom is -0.356 e. The Kier molecular flexibility index (Phi) is 2.12. The van der Waals surface area contributed by atoms with E-state index in [1.54, 1.807) is 6.20 Å². The van der Waals surface area contributed by atoms with Crippen molar-refractivity contribution in [2.24, 2.45) is 5.73 Å². The van der Waals surface area contributed by atoms with Crippen LogP contribution in [-0.4, -0.2) is 9.97 Å². The lowest BCUT2D eigenvalue weighted by atomic mass is 10.0. The molecule has 0 aliphatic carbocycles. The molecular formula is C10H12BrN3. The third-order valence-electron chi connectivity index (χ3n) is 2.13. The summed E-state index contributed by atoms with van der Waals surface area (Å²) in [5, 5.41) is 0. The van der Waals surface area contributed by atoms with E-state index in [2.05, 4.69) is 25.9 Å². The molecule has 3 nitrogen and oxygen atoms in total. The van der Waals surface area contributed by atoms with Crippen molar-refractivity contribution in [2.75, 3.05) is 0 Å². The van der Waals surface area contributed by atoms with Crippen LogP contribution in [0.4, 0.5) is 0 Å². The molecule has 2 aromatic heterocycles. The Balaban J connectivity index is 2.63. The van der Waals surface area contributed by atoms with E-state index >= 15 is 0 Å². The molecule has 0 spiro atoms. The highest BCUT2D eigenvalue weighted by Gasteiger charge is 2.16. The number of nitrogens with two attached hydrogens (primary N) is 1. The maximum Gasteiger partial charge on any atom is 0.0883 e. The van der Waals surface area contributed by atoms with Crippen molar-refractivity contribution in [2.45, 2.75) is 19.4 Å². The average molecular weight is 254 g/mol. The van der Waals surface area contributed by atoms with E-state index in [1.807, 2.05) is 26.0 Å². The number of nitrogens with zero attached hydrogens (tertiary/aromatic N) is 1.